The number of hydrogen-bond acceptors (Lipinski definition) is 4. The first-order chi connectivity index (χ1) is 9.01. The van der Waals surface area contributed by atoms with Crippen molar-refractivity contribution >= 4 is 34.7 Å². The second-order valence-electron chi connectivity index (χ2n) is 3.96. The molecule has 1 aromatic heterocycles. The Labute approximate surface area is 121 Å². The Hall–Kier alpha value is -1.83. The van der Waals surface area contributed by atoms with Gasteiger partial charge in [0.15, 0.2) is 11.0 Å². The molecule has 6 heteroatoms. The lowest BCUT2D eigenvalue weighted by Gasteiger charge is -2.10. The average molecular weight is 293 g/mol. The lowest BCUT2D eigenvalue weighted by Crippen LogP contribution is -2.02. The lowest BCUT2D eigenvalue weighted by atomic mass is 10.2. The first-order valence-corrected chi connectivity index (χ1v) is 6.24. The third-order valence-corrected chi connectivity index (χ3v) is 3.12. The molecule has 0 saturated heterocycles. The lowest BCUT2D eigenvalue weighted by molar-refractivity contribution is 1.05. The number of halogens is 2. The molecule has 0 bridgehead atoms. The summed E-state index contributed by atoms with van der Waals surface area (Å²) in [6.45, 7) is 3.67. The first kappa shape index (κ1) is 13.6. The van der Waals surface area contributed by atoms with E-state index in [2.05, 4.69) is 21.4 Å². The van der Waals surface area contributed by atoms with E-state index in [0.717, 1.165) is 11.4 Å². The molecule has 19 heavy (non-hydrogen) atoms. The van der Waals surface area contributed by atoms with E-state index in [4.69, 9.17) is 28.5 Å². The number of anilines is 2. The average Bonchev–Trinajstić information content (AvgIpc) is 2.36. The van der Waals surface area contributed by atoms with Crippen molar-refractivity contribution in [1.29, 1.82) is 5.26 Å². The quantitative estimate of drug-likeness (QED) is 0.908. The molecule has 1 aromatic carbocycles. The molecule has 0 aliphatic carbocycles. The van der Waals surface area contributed by atoms with Crippen molar-refractivity contribution in [3.8, 4) is 6.07 Å². The molecular weight excluding hydrogens is 283 g/mol. The number of aryl methyl sites for hydroxylation is 2. The molecule has 0 saturated carbocycles. The van der Waals surface area contributed by atoms with Crippen LogP contribution in [0.25, 0.3) is 0 Å². The molecule has 0 aliphatic heterocycles. The van der Waals surface area contributed by atoms with E-state index in [9.17, 15) is 0 Å². The highest BCUT2D eigenvalue weighted by Gasteiger charge is 2.10. The van der Waals surface area contributed by atoms with Crippen molar-refractivity contribution in [3.63, 3.8) is 0 Å². The van der Waals surface area contributed by atoms with E-state index >= 15 is 0 Å². The number of hydrogen-bond donors (Lipinski definition) is 1. The van der Waals surface area contributed by atoms with Gasteiger partial charge in [-0.25, -0.2) is 9.97 Å². The van der Waals surface area contributed by atoms with Crippen LogP contribution in [0.2, 0.25) is 10.2 Å². The molecule has 1 N–H and O–H groups in total. The molecule has 0 radical (unpaired) electrons. The Morgan fingerprint density at radius 2 is 1.84 bits per heavy atom. The predicted octanol–water partition coefficient (Wildman–Crippen LogP) is 4.02. The van der Waals surface area contributed by atoms with Gasteiger partial charge >= 0.3 is 0 Å². The summed E-state index contributed by atoms with van der Waals surface area (Å²) < 4.78 is 0. The summed E-state index contributed by atoms with van der Waals surface area (Å²) in [6.07, 6.45) is 0. The van der Waals surface area contributed by atoms with Crippen LogP contribution in [0.5, 0.6) is 0 Å². The third-order valence-electron chi connectivity index (χ3n) is 2.62. The van der Waals surface area contributed by atoms with Gasteiger partial charge in [0.2, 0.25) is 0 Å². The fourth-order valence-corrected chi connectivity index (χ4v) is 1.89. The van der Waals surface area contributed by atoms with E-state index in [1.54, 1.807) is 18.2 Å². The molecule has 1 heterocycles. The molecular formula is C13H10Cl2N4. The Bertz CT molecular complexity index is 677. The second-order valence-corrected chi connectivity index (χ2v) is 4.76. The summed E-state index contributed by atoms with van der Waals surface area (Å²) in [5.41, 5.74) is 2.55. The summed E-state index contributed by atoms with van der Waals surface area (Å²) in [6, 6.07) is 7.01. The number of nitrogens with zero attached hydrogens (tertiary/aromatic N) is 3. The van der Waals surface area contributed by atoms with Crippen LogP contribution in [0.3, 0.4) is 0 Å². The van der Waals surface area contributed by atoms with Crippen LogP contribution in [-0.4, -0.2) is 9.97 Å². The smallest absolute Gasteiger partial charge is 0.172 e. The van der Waals surface area contributed by atoms with E-state index < -0.39 is 0 Å². The topological polar surface area (TPSA) is 61.6 Å². The van der Waals surface area contributed by atoms with Gasteiger partial charge in [0.05, 0.1) is 22.6 Å². The van der Waals surface area contributed by atoms with Gasteiger partial charge in [-0.3, -0.25) is 0 Å². The number of nitriles is 1. The zero-order chi connectivity index (χ0) is 14.0. The highest BCUT2D eigenvalue weighted by molar-refractivity contribution is 6.32. The third kappa shape index (κ3) is 2.95. The van der Waals surface area contributed by atoms with Crippen LogP contribution in [0.1, 0.15) is 17.0 Å². The second kappa shape index (κ2) is 5.43. The molecule has 0 fully saturated rings. The van der Waals surface area contributed by atoms with E-state index in [-0.39, 0.29) is 5.15 Å². The highest BCUT2D eigenvalue weighted by atomic mass is 35.5. The Kier molecular flexibility index (Phi) is 3.89. The molecule has 4 nitrogen and oxygen atoms in total. The molecule has 0 aliphatic rings. The zero-order valence-corrected chi connectivity index (χ0v) is 11.8. The van der Waals surface area contributed by atoms with Crippen LogP contribution >= 0.6 is 23.2 Å². The minimum Gasteiger partial charge on any atom is -0.337 e. The van der Waals surface area contributed by atoms with E-state index in [1.807, 2.05) is 13.8 Å². The maximum atomic E-state index is 9.05. The summed E-state index contributed by atoms with van der Waals surface area (Å²) in [5, 5.41) is 12.8. The van der Waals surface area contributed by atoms with Crippen molar-refractivity contribution in [2.75, 3.05) is 5.32 Å². The van der Waals surface area contributed by atoms with Crippen LogP contribution in [0.15, 0.2) is 18.2 Å². The summed E-state index contributed by atoms with van der Waals surface area (Å²) in [5.74, 6) is 0.406. The highest BCUT2D eigenvalue weighted by Crippen LogP contribution is 2.27. The fraction of sp³-hybridized carbons (Fsp3) is 0.154. The van der Waals surface area contributed by atoms with Crippen molar-refractivity contribution in [2.45, 2.75) is 13.8 Å². The molecule has 2 aromatic rings. The molecule has 2 rings (SSSR count). The van der Waals surface area contributed by atoms with Gasteiger partial charge in [-0.15, -0.1) is 0 Å². The number of nitrogens with one attached hydrogen (secondary N) is 1. The molecule has 0 spiro atoms. The Balaban J connectivity index is 2.45. The number of rotatable bonds is 2. The maximum Gasteiger partial charge on any atom is 0.172 e. The number of aromatic nitrogens is 2. The first-order valence-electron chi connectivity index (χ1n) is 5.48. The van der Waals surface area contributed by atoms with Crippen LogP contribution in [-0.2, 0) is 0 Å². The summed E-state index contributed by atoms with van der Waals surface area (Å²) in [4.78, 5) is 8.49. The van der Waals surface area contributed by atoms with Crippen LogP contribution < -0.4 is 5.32 Å². The largest absolute Gasteiger partial charge is 0.337 e. The van der Waals surface area contributed by atoms with Crippen molar-refractivity contribution < 1.29 is 0 Å². The predicted molar refractivity (Wildman–Crippen MR) is 76.0 cm³/mol. The van der Waals surface area contributed by atoms with Crippen molar-refractivity contribution in [2.24, 2.45) is 0 Å². The van der Waals surface area contributed by atoms with Crippen molar-refractivity contribution in [3.05, 3.63) is 45.3 Å². The van der Waals surface area contributed by atoms with Gasteiger partial charge in [0, 0.05) is 5.02 Å². The Morgan fingerprint density at radius 3 is 2.53 bits per heavy atom. The SMILES string of the molecule is Cc1nc(Cl)c(Nc2cc(Cl)ccc2C#N)nc1C. The summed E-state index contributed by atoms with van der Waals surface area (Å²) >= 11 is 12.0. The van der Waals surface area contributed by atoms with E-state index in [1.165, 1.54) is 0 Å². The van der Waals surface area contributed by atoms with Gasteiger partial charge in [0.1, 0.15) is 6.07 Å². The van der Waals surface area contributed by atoms with E-state index in [0.29, 0.717) is 22.1 Å². The standard InChI is InChI=1S/C13H10Cl2N4/c1-7-8(2)18-13(12(15)17-7)19-11-5-10(14)4-3-9(11)6-16/h3-5H,1-2H3,(H,18,19). The van der Waals surface area contributed by atoms with Gasteiger partial charge < -0.3 is 5.32 Å². The minimum atomic E-state index is 0.256. The summed E-state index contributed by atoms with van der Waals surface area (Å²) in [7, 11) is 0. The van der Waals surface area contributed by atoms with Crippen molar-refractivity contribution in [1.82, 2.24) is 9.97 Å². The molecule has 0 amide bonds. The number of benzene rings is 1. The van der Waals surface area contributed by atoms with Crippen LogP contribution in [0.4, 0.5) is 11.5 Å². The molecule has 96 valence electrons. The molecule has 0 unspecified atom stereocenters. The monoisotopic (exact) mass is 292 g/mol. The Morgan fingerprint density at radius 1 is 1.16 bits per heavy atom. The normalized spacial score (nSPS) is 10.1. The fourth-order valence-electron chi connectivity index (χ4n) is 1.50. The van der Waals surface area contributed by atoms with Gasteiger partial charge in [0.25, 0.3) is 0 Å². The van der Waals surface area contributed by atoms with Gasteiger partial charge in [-0.2, -0.15) is 5.26 Å². The zero-order valence-electron chi connectivity index (χ0n) is 10.3. The maximum absolute atomic E-state index is 9.05. The van der Waals surface area contributed by atoms with Crippen LogP contribution in [0, 0.1) is 25.2 Å². The minimum absolute atomic E-state index is 0.256. The van der Waals surface area contributed by atoms with Gasteiger partial charge in [-0.05, 0) is 32.0 Å². The molecule has 0 atom stereocenters. The van der Waals surface area contributed by atoms with Gasteiger partial charge in [-0.1, -0.05) is 23.2 Å².